The smallest absolute Gasteiger partial charge is 0.337 e. The third-order valence-electron chi connectivity index (χ3n) is 2.72. The average molecular weight is 293 g/mol. The lowest BCUT2D eigenvalue weighted by atomic mass is 10.2. The maximum absolute atomic E-state index is 13.7. The number of pyridine rings is 2. The molecule has 0 unspecified atom stereocenters. The van der Waals surface area contributed by atoms with Gasteiger partial charge in [0.1, 0.15) is 0 Å². The number of fused-ring (bicyclic) bond motifs is 1. The van der Waals surface area contributed by atoms with Crippen LogP contribution in [0.25, 0.3) is 17.0 Å². The summed E-state index contributed by atoms with van der Waals surface area (Å²) in [6, 6.07) is 2.69. The number of hydrogen-bond donors (Lipinski definition) is 1. The molecule has 6 nitrogen and oxygen atoms in total. The molecule has 0 saturated carbocycles. The first-order chi connectivity index (χ1) is 9.58. The summed E-state index contributed by atoms with van der Waals surface area (Å²) < 4.78 is 15.1. The highest BCUT2D eigenvalue weighted by Crippen LogP contribution is 2.25. The van der Waals surface area contributed by atoms with Crippen molar-refractivity contribution in [3.63, 3.8) is 0 Å². The Kier molecular flexibility index (Phi) is 2.83. The van der Waals surface area contributed by atoms with Crippen LogP contribution in [0.2, 0.25) is 5.02 Å². The number of aromatic carboxylic acids is 1. The summed E-state index contributed by atoms with van der Waals surface area (Å²) in [7, 11) is 0. The first-order valence-corrected chi connectivity index (χ1v) is 5.83. The molecule has 20 heavy (non-hydrogen) atoms. The average Bonchev–Trinajstić information content (AvgIpc) is 2.83. The molecule has 3 rings (SSSR count). The SMILES string of the molecule is O=C(O)c1cc(Cl)c2nnc(-c3ccncc3F)n2c1. The Morgan fingerprint density at radius 3 is 2.90 bits per heavy atom. The minimum atomic E-state index is -1.15. The lowest BCUT2D eigenvalue weighted by Gasteiger charge is -2.03. The van der Waals surface area contributed by atoms with Crippen molar-refractivity contribution in [3.05, 3.63) is 47.1 Å². The second kappa shape index (κ2) is 4.53. The van der Waals surface area contributed by atoms with Crippen LogP contribution in [-0.4, -0.2) is 30.7 Å². The second-order valence-electron chi connectivity index (χ2n) is 3.95. The summed E-state index contributed by atoms with van der Waals surface area (Å²) in [5, 5.41) is 16.8. The zero-order valence-corrected chi connectivity index (χ0v) is 10.5. The van der Waals surface area contributed by atoms with Gasteiger partial charge in [0.25, 0.3) is 0 Å². The molecule has 0 spiro atoms. The van der Waals surface area contributed by atoms with Gasteiger partial charge in [0.2, 0.25) is 0 Å². The van der Waals surface area contributed by atoms with E-state index in [9.17, 15) is 9.18 Å². The van der Waals surface area contributed by atoms with Gasteiger partial charge in [-0.25, -0.2) is 9.18 Å². The van der Waals surface area contributed by atoms with Gasteiger partial charge in [0.15, 0.2) is 17.3 Å². The van der Waals surface area contributed by atoms with Gasteiger partial charge in [-0.1, -0.05) is 11.6 Å². The van der Waals surface area contributed by atoms with Crippen LogP contribution in [0.15, 0.2) is 30.7 Å². The van der Waals surface area contributed by atoms with Gasteiger partial charge in [-0.3, -0.25) is 9.38 Å². The Morgan fingerprint density at radius 1 is 1.40 bits per heavy atom. The van der Waals surface area contributed by atoms with Gasteiger partial charge in [0, 0.05) is 12.4 Å². The zero-order valence-electron chi connectivity index (χ0n) is 9.79. The summed E-state index contributed by atoms with van der Waals surface area (Å²) in [6.45, 7) is 0. The number of carboxylic acids is 1. The molecule has 8 heteroatoms. The lowest BCUT2D eigenvalue weighted by molar-refractivity contribution is 0.0696. The van der Waals surface area contributed by atoms with Crippen LogP contribution in [0.4, 0.5) is 4.39 Å². The predicted molar refractivity (Wildman–Crippen MR) is 68.1 cm³/mol. The van der Waals surface area contributed by atoms with E-state index in [4.69, 9.17) is 16.7 Å². The molecular weight excluding hydrogens is 287 g/mol. The fourth-order valence-corrected chi connectivity index (χ4v) is 2.06. The number of nitrogens with zero attached hydrogens (tertiary/aromatic N) is 4. The van der Waals surface area contributed by atoms with Crippen LogP contribution < -0.4 is 0 Å². The number of halogens is 2. The van der Waals surface area contributed by atoms with Crippen molar-refractivity contribution < 1.29 is 14.3 Å². The van der Waals surface area contributed by atoms with Crippen LogP contribution in [0.3, 0.4) is 0 Å². The van der Waals surface area contributed by atoms with Crippen LogP contribution in [0.1, 0.15) is 10.4 Å². The van der Waals surface area contributed by atoms with E-state index in [0.717, 1.165) is 6.20 Å². The van der Waals surface area contributed by atoms with E-state index in [1.807, 2.05) is 0 Å². The van der Waals surface area contributed by atoms with Gasteiger partial charge in [-0.15, -0.1) is 10.2 Å². The van der Waals surface area contributed by atoms with E-state index < -0.39 is 11.8 Å². The van der Waals surface area contributed by atoms with E-state index >= 15 is 0 Å². The van der Waals surface area contributed by atoms with Crippen LogP contribution in [0, 0.1) is 5.82 Å². The van der Waals surface area contributed by atoms with Gasteiger partial charge in [0.05, 0.1) is 22.3 Å². The third kappa shape index (κ3) is 1.88. The molecule has 0 atom stereocenters. The topological polar surface area (TPSA) is 80.4 Å². The highest BCUT2D eigenvalue weighted by Gasteiger charge is 2.16. The highest BCUT2D eigenvalue weighted by molar-refractivity contribution is 6.33. The molecule has 0 fully saturated rings. The summed E-state index contributed by atoms with van der Waals surface area (Å²) in [5.74, 6) is -1.58. The first-order valence-electron chi connectivity index (χ1n) is 5.45. The molecule has 0 radical (unpaired) electrons. The number of rotatable bonds is 2. The molecule has 3 aromatic rings. The standard InChI is InChI=1S/C12H6ClFN4O2/c13-8-3-6(12(19)20)5-18-10(16-17-11(8)18)7-1-2-15-4-9(7)14/h1-5H,(H,19,20). The lowest BCUT2D eigenvalue weighted by Crippen LogP contribution is -2.01. The molecule has 0 aliphatic heterocycles. The van der Waals surface area contributed by atoms with Gasteiger partial charge >= 0.3 is 5.97 Å². The number of hydrogen-bond acceptors (Lipinski definition) is 4. The molecule has 0 amide bonds. The van der Waals surface area contributed by atoms with Crippen molar-refractivity contribution in [3.8, 4) is 11.4 Å². The number of carboxylic acid groups (broad SMARTS) is 1. The van der Waals surface area contributed by atoms with Gasteiger partial charge < -0.3 is 5.11 Å². The molecule has 0 saturated heterocycles. The fourth-order valence-electron chi connectivity index (χ4n) is 1.81. The summed E-state index contributed by atoms with van der Waals surface area (Å²) in [4.78, 5) is 14.7. The number of carbonyl (C=O) groups is 1. The van der Waals surface area contributed by atoms with Crippen molar-refractivity contribution in [1.29, 1.82) is 0 Å². The van der Waals surface area contributed by atoms with Crippen molar-refractivity contribution in [1.82, 2.24) is 19.6 Å². The zero-order chi connectivity index (χ0) is 14.3. The van der Waals surface area contributed by atoms with Crippen molar-refractivity contribution in [2.45, 2.75) is 0 Å². The maximum Gasteiger partial charge on any atom is 0.337 e. The first kappa shape index (κ1) is 12.5. The molecule has 100 valence electrons. The summed E-state index contributed by atoms with van der Waals surface area (Å²) >= 11 is 5.95. The molecule has 0 aliphatic rings. The third-order valence-corrected chi connectivity index (χ3v) is 3.00. The summed E-state index contributed by atoms with van der Waals surface area (Å²) in [6.07, 6.45) is 3.74. The Labute approximate surface area is 116 Å². The highest BCUT2D eigenvalue weighted by atomic mass is 35.5. The summed E-state index contributed by atoms with van der Waals surface area (Å²) in [5.41, 5.74) is 0.368. The minimum Gasteiger partial charge on any atom is -0.478 e. The van der Waals surface area contributed by atoms with E-state index in [1.165, 1.54) is 28.9 Å². The van der Waals surface area contributed by atoms with Gasteiger partial charge in [-0.2, -0.15) is 0 Å². The molecule has 0 aromatic carbocycles. The van der Waals surface area contributed by atoms with Crippen molar-refractivity contribution in [2.75, 3.05) is 0 Å². The monoisotopic (exact) mass is 292 g/mol. The Balaban J connectivity index is 2.33. The Bertz CT molecular complexity index is 833. The Hall–Kier alpha value is -2.54. The van der Waals surface area contributed by atoms with E-state index in [2.05, 4.69) is 15.2 Å². The normalized spacial score (nSPS) is 10.9. The van der Waals surface area contributed by atoms with E-state index in [1.54, 1.807) is 0 Å². The molecule has 0 aliphatic carbocycles. The maximum atomic E-state index is 13.7. The van der Waals surface area contributed by atoms with E-state index in [-0.39, 0.29) is 27.6 Å². The van der Waals surface area contributed by atoms with Crippen molar-refractivity contribution >= 4 is 23.2 Å². The quantitative estimate of drug-likeness (QED) is 0.784. The van der Waals surface area contributed by atoms with Crippen LogP contribution >= 0.6 is 11.6 Å². The predicted octanol–water partition coefficient (Wildman–Crippen LogP) is 2.28. The van der Waals surface area contributed by atoms with Gasteiger partial charge in [-0.05, 0) is 12.1 Å². The van der Waals surface area contributed by atoms with Crippen LogP contribution in [0.5, 0.6) is 0 Å². The Morgan fingerprint density at radius 2 is 2.20 bits per heavy atom. The minimum absolute atomic E-state index is 0.0435. The van der Waals surface area contributed by atoms with Crippen molar-refractivity contribution in [2.24, 2.45) is 0 Å². The number of aromatic nitrogens is 4. The fraction of sp³-hybridized carbons (Fsp3) is 0. The largest absolute Gasteiger partial charge is 0.478 e. The molecular formula is C12H6ClFN4O2. The molecule has 1 N–H and O–H groups in total. The molecule has 3 aromatic heterocycles. The van der Waals surface area contributed by atoms with Crippen LogP contribution in [-0.2, 0) is 0 Å². The molecule has 0 bridgehead atoms. The van der Waals surface area contributed by atoms with E-state index in [0.29, 0.717) is 0 Å². The molecule has 3 heterocycles. The second-order valence-corrected chi connectivity index (χ2v) is 4.36.